The second-order valence-corrected chi connectivity index (χ2v) is 12.2. The van der Waals surface area contributed by atoms with Gasteiger partial charge in [0.2, 0.25) is 21.8 Å². The van der Waals surface area contributed by atoms with Gasteiger partial charge >= 0.3 is 0 Å². The van der Waals surface area contributed by atoms with Gasteiger partial charge in [0.1, 0.15) is 18.3 Å². The van der Waals surface area contributed by atoms with Crippen molar-refractivity contribution < 1.29 is 22.7 Å². The first kappa shape index (κ1) is 30.2. The third kappa shape index (κ3) is 8.56. The highest BCUT2D eigenvalue weighted by molar-refractivity contribution is 9.10. The number of para-hydroxylation sites is 1. The smallest absolute Gasteiger partial charge is 0.244 e. The van der Waals surface area contributed by atoms with Gasteiger partial charge in [-0.2, -0.15) is 0 Å². The van der Waals surface area contributed by atoms with E-state index in [-0.39, 0.29) is 24.9 Å². The summed E-state index contributed by atoms with van der Waals surface area (Å²) in [6, 6.07) is 22.4. The maximum Gasteiger partial charge on any atom is 0.244 e. The van der Waals surface area contributed by atoms with E-state index in [0.717, 1.165) is 21.7 Å². The van der Waals surface area contributed by atoms with E-state index in [4.69, 9.17) is 4.74 Å². The molecule has 8 nitrogen and oxygen atoms in total. The Bertz CT molecular complexity index is 1380. The molecule has 0 saturated heterocycles. The molecule has 0 aliphatic carbocycles. The number of hydrogen-bond donors (Lipinski definition) is 1. The van der Waals surface area contributed by atoms with Crippen molar-refractivity contribution in [1.82, 2.24) is 10.2 Å². The zero-order chi connectivity index (χ0) is 28.6. The molecule has 39 heavy (non-hydrogen) atoms. The summed E-state index contributed by atoms with van der Waals surface area (Å²) < 4.78 is 32.7. The van der Waals surface area contributed by atoms with Crippen molar-refractivity contribution in [3.63, 3.8) is 0 Å². The van der Waals surface area contributed by atoms with Crippen LogP contribution in [0.25, 0.3) is 0 Å². The first-order valence-corrected chi connectivity index (χ1v) is 15.1. The van der Waals surface area contributed by atoms with E-state index < -0.39 is 28.5 Å². The number of anilines is 1. The fourth-order valence-corrected chi connectivity index (χ4v) is 5.63. The number of rotatable bonds is 12. The number of carbonyl (C=O) groups is 2. The van der Waals surface area contributed by atoms with Crippen LogP contribution in [0.5, 0.6) is 5.75 Å². The lowest BCUT2D eigenvalue weighted by Crippen LogP contribution is -2.54. The summed E-state index contributed by atoms with van der Waals surface area (Å²) in [5.74, 6) is -0.229. The lowest BCUT2D eigenvalue weighted by molar-refractivity contribution is -0.140. The molecular weight excluding hydrogens is 582 g/mol. The van der Waals surface area contributed by atoms with Crippen molar-refractivity contribution in [3.05, 3.63) is 94.5 Å². The van der Waals surface area contributed by atoms with E-state index in [9.17, 15) is 18.0 Å². The summed E-state index contributed by atoms with van der Waals surface area (Å²) in [5.41, 5.74) is 1.95. The van der Waals surface area contributed by atoms with Crippen molar-refractivity contribution in [1.29, 1.82) is 0 Å². The first-order valence-electron chi connectivity index (χ1n) is 12.5. The summed E-state index contributed by atoms with van der Waals surface area (Å²) in [6.45, 7) is 3.30. The van der Waals surface area contributed by atoms with Crippen LogP contribution in [0, 0.1) is 0 Å². The minimum atomic E-state index is -3.84. The Labute approximate surface area is 239 Å². The van der Waals surface area contributed by atoms with Gasteiger partial charge < -0.3 is 15.0 Å². The van der Waals surface area contributed by atoms with Crippen LogP contribution in [-0.2, 0) is 32.6 Å². The molecule has 2 amide bonds. The maximum absolute atomic E-state index is 14.1. The quantitative estimate of drug-likeness (QED) is 0.326. The molecule has 0 saturated carbocycles. The van der Waals surface area contributed by atoms with Crippen LogP contribution in [0.4, 0.5) is 5.69 Å². The van der Waals surface area contributed by atoms with Crippen molar-refractivity contribution in [2.75, 3.05) is 24.2 Å². The number of carbonyl (C=O) groups excluding carboxylic acids is 2. The summed E-state index contributed by atoms with van der Waals surface area (Å²) in [6.07, 6.45) is 1.31. The molecule has 0 aliphatic rings. The summed E-state index contributed by atoms with van der Waals surface area (Å²) >= 11 is 3.40. The number of halogens is 1. The Kier molecular flexibility index (Phi) is 10.5. The summed E-state index contributed by atoms with van der Waals surface area (Å²) in [4.78, 5) is 29.1. The third-order valence-electron chi connectivity index (χ3n) is 5.99. The molecule has 3 rings (SSSR count). The van der Waals surface area contributed by atoms with Crippen LogP contribution in [0.1, 0.15) is 25.0 Å². The number of nitrogens with zero attached hydrogens (tertiary/aromatic N) is 2. The van der Waals surface area contributed by atoms with Gasteiger partial charge in [-0.15, -0.1) is 0 Å². The van der Waals surface area contributed by atoms with Gasteiger partial charge in [0.25, 0.3) is 0 Å². The predicted molar refractivity (Wildman–Crippen MR) is 157 cm³/mol. The minimum absolute atomic E-state index is 0.0760. The Morgan fingerprint density at radius 3 is 2.21 bits per heavy atom. The van der Waals surface area contributed by atoms with E-state index in [2.05, 4.69) is 21.2 Å². The molecule has 0 fully saturated rings. The van der Waals surface area contributed by atoms with Crippen LogP contribution in [-0.4, -0.2) is 57.1 Å². The minimum Gasteiger partial charge on any atom is -0.497 e. The Morgan fingerprint density at radius 2 is 1.59 bits per heavy atom. The lowest BCUT2D eigenvalue weighted by Gasteiger charge is -2.34. The van der Waals surface area contributed by atoms with Gasteiger partial charge in [-0.25, -0.2) is 8.42 Å². The zero-order valence-corrected chi connectivity index (χ0v) is 24.9. The van der Waals surface area contributed by atoms with Crippen LogP contribution < -0.4 is 14.4 Å². The number of benzene rings is 3. The summed E-state index contributed by atoms with van der Waals surface area (Å²) in [7, 11) is -2.29. The molecule has 1 N–H and O–H groups in total. The van der Waals surface area contributed by atoms with Crippen molar-refractivity contribution >= 4 is 43.5 Å². The largest absolute Gasteiger partial charge is 0.497 e. The number of ether oxygens (including phenoxy) is 1. The molecule has 0 unspecified atom stereocenters. The van der Waals surface area contributed by atoms with Crippen LogP contribution in [0.3, 0.4) is 0 Å². The number of methoxy groups -OCH3 is 1. The van der Waals surface area contributed by atoms with E-state index >= 15 is 0 Å². The Balaban J connectivity index is 2.08. The second-order valence-electron chi connectivity index (χ2n) is 9.46. The van der Waals surface area contributed by atoms with Gasteiger partial charge in [-0.1, -0.05) is 54.6 Å². The maximum atomic E-state index is 14.1. The normalized spacial score (nSPS) is 12.1. The van der Waals surface area contributed by atoms with Crippen LogP contribution >= 0.6 is 15.9 Å². The van der Waals surface area contributed by atoms with E-state index in [0.29, 0.717) is 15.9 Å². The molecule has 0 heterocycles. The predicted octanol–water partition coefficient (Wildman–Crippen LogP) is 4.39. The molecule has 0 radical (unpaired) electrons. The number of nitrogens with one attached hydrogen (secondary N) is 1. The number of amides is 2. The molecule has 0 spiro atoms. The fraction of sp³-hybridized carbons (Fsp3) is 0.310. The third-order valence-corrected chi connectivity index (χ3v) is 7.79. The van der Waals surface area contributed by atoms with Gasteiger partial charge in [0.05, 0.1) is 19.1 Å². The van der Waals surface area contributed by atoms with Crippen molar-refractivity contribution in [2.45, 2.75) is 38.9 Å². The number of hydrogen-bond acceptors (Lipinski definition) is 5. The fourth-order valence-electron chi connectivity index (χ4n) is 4.15. The molecule has 208 valence electrons. The SMILES string of the molecule is COc1cccc(CN(C(=O)CN(c2ccccc2Br)S(C)(=O)=O)[C@H](Cc2ccccc2)C(=O)NC(C)C)c1. The highest BCUT2D eigenvalue weighted by atomic mass is 79.9. The molecule has 0 aliphatic heterocycles. The zero-order valence-electron chi connectivity index (χ0n) is 22.5. The van der Waals surface area contributed by atoms with E-state index in [1.54, 1.807) is 49.6 Å². The van der Waals surface area contributed by atoms with Gasteiger partial charge in [0.15, 0.2) is 0 Å². The molecule has 0 aromatic heterocycles. The highest BCUT2D eigenvalue weighted by Crippen LogP contribution is 2.28. The van der Waals surface area contributed by atoms with Crippen LogP contribution in [0.15, 0.2) is 83.3 Å². The molecule has 3 aromatic carbocycles. The van der Waals surface area contributed by atoms with E-state index in [1.165, 1.54) is 4.90 Å². The van der Waals surface area contributed by atoms with E-state index in [1.807, 2.05) is 50.2 Å². The molecule has 10 heteroatoms. The standard InChI is InChI=1S/C29H34BrN3O5S/c1-21(2)31-29(35)27(18-22-11-6-5-7-12-22)32(19-23-13-10-14-24(17-23)38-3)28(34)20-33(39(4,36)37)26-16-9-8-15-25(26)30/h5-17,21,27H,18-20H2,1-4H3,(H,31,35)/t27-/m1/s1. The average Bonchev–Trinajstić information content (AvgIpc) is 2.89. The molecule has 0 bridgehead atoms. The monoisotopic (exact) mass is 615 g/mol. The Morgan fingerprint density at radius 1 is 0.949 bits per heavy atom. The van der Waals surface area contributed by atoms with Gasteiger partial charge in [0, 0.05) is 23.5 Å². The Hall–Kier alpha value is -3.37. The summed E-state index contributed by atoms with van der Waals surface area (Å²) in [5, 5.41) is 2.93. The lowest BCUT2D eigenvalue weighted by atomic mass is 10.0. The average molecular weight is 617 g/mol. The van der Waals surface area contributed by atoms with Crippen molar-refractivity contribution in [2.24, 2.45) is 0 Å². The highest BCUT2D eigenvalue weighted by Gasteiger charge is 2.33. The van der Waals surface area contributed by atoms with Gasteiger partial charge in [-0.05, 0) is 65.2 Å². The first-order chi connectivity index (χ1) is 18.5. The molecular formula is C29H34BrN3O5S. The second kappa shape index (κ2) is 13.6. The molecule has 1 atom stereocenters. The number of sulfonamides is 1. The van der Waals surface area contributed by atoms with Gasteiger partial charge in [-0.3, -0.25) is 13.9 Å². The van der Waals surface area contributed by atoms with Crippen molar-refractivity contribution in [3.8, 4) is 5.75 Å². The molecule has 3 aromatic rings. The topological polar surface area (TPSA) is 96.0 Å². The van der Waals surface area contributed by atoms with Crippen LogP contribution in [0.2, 0.25) is 0 Å².